The van der Waals surface area contributed by atoms with Crippen LogP contribution in [-0.4, -0.2) is 25.6 Å². The molecule has 0 aliphatic rings. The average Bonchev–Trinajstić information content (AvgIpc) is 2.67. The molecule has 0 saturated heterocycles. The molecule has 0 radical (unpaired) electrons. The molecule has 0 saturated carbocycles. The number of carbonyl (C=O) groups excluding carboxylic acids is 2. The van der Waals surface area contributed by atoms with Crippen molar-refractivity contribution in [3.8, 4) is 5.75 Å². The molecule has 0 bridgehead atoms. The lowest BCUT2D eigenvalue weighted by molar-refractivity contribution is -0.119. The molecular formula is C20H15Cl2NO4. The Morgan fingerprint density at radius 3 is 2.33 bits per heavy atom. The minimum atomic E-state index is -0.651. The molecule has 0 aromatic heterocycles. The van der Waals surface area contributed by atoms with Crippen LogP contribution in [0.5, 0.6) is 5.75 Å². The number of methoxy groups -OCH3 is 1. The van der Waals surface area contributed by atoms with Gasteiger partial charge in [0.15, 0.2) is 6.61 Å². The number of esters is 1. The number of hydrogen-bond acceptors (Lipinski definition) is 4. The van der Waals surface area contributed by atoms with Crippen LogP contribution in [0.4, 0.5) is 5.69 Å². The van der Waals surface area contributed by atoms with Crippen molar-refractivity contribution in [3.05, 3.63) is 70.2 Å². The summed E-state index contributed by atoms with van der Waals surface area (Å²) >= 11 is 11.7. The van der Waals surface area contributed by atoms with Gasteiger partial charge in [0.25, 0.3) is 5.91 Å². The summed E-state index contributed by atoms with van der Waals surface area (Å²) in [6.45, 7) is -0.449. The van der Waals surface area contributed by atoms with E-state index in [2.05, 4.69) is 5.32 Å². The summed E-state index contributed by atoms with van der Waals surface area (Å²) in [6.07, 6.45) is 0. The van der Waals surface area contributed by atoms with Crippen LogP contribution in [0.3, 0.4) is 0 Å². The van der Waals surface area contributed by atoms with Crippen LogP contribution in [0, 0.1) is 0 Å². The first-order chi connectivity index (χ1) is 13.0. The number of fused-ring (bicyclic) bond motifs is 1. The molecule has 3 aromatic rings. The van der Waals surface area contributed by atoms with Crippen molar-refractivity contribution in [2.75, 3.05) is 19.0 Å². The number of hydrogen-bond donors (Lipinski definition) is 1. The Hall–Kier alpha value is -2.76. The molecule has 0 fully saturated rings. The van der Waals surface area contributed by atoms with Gasteiger partial charge in [-0.1, -0.05) is 47.5 Å². The van der Waals surface area contributed by atoms with Crippen molar-refractivity contribution >= 4 is 51.5 Å². The number of nitrogens with one attached hydrogen (secondary N) is 1. The lowest BCUT2D eigenvalue weighted by Crippen LogP contribution is -2.21. The zero-order chi connectivity index (χ0) is 19.4. The second-order valence-corrected chi connectivity index (χ2v) is 6.47. The fourth-order valence-electron chi connectivity index (χ4n) is 2.53. The number of ether oxygens (including phenoxy) is 2. The number of halogens is 2. The fourth-order valence-corrected chi connectivity index (χ4v) is 2.83. The molecule has 3 aromatic carbocycles. The second kappa shape index (κ2) is 8.29. The van der Waals surface area contributed by atoms with Crippen LogP contribution in [0.15, 0.2) is 54.6 Å². The Kier molecular flexibility index (Phi) is 5.84. The van der Waals surface area contributed by atoms with Crippen LogP contribution < -0.4 is 10.1 Å². The summed E-state index contributed by atoms with van der Waals surface area (Å²) < 4.78 is 10.4. The predicted octanol–water partition coefficient (Wildman–Crippen LogP) is 4.95. The summed E-state index contributed by atoms with van der Waals surface area (Å²) in [5.41, 5.74) is 0.701. The lowest BCUT2D eigenvalue weighted by Gasteiger charge is -2.11. The van der Waals surface area contributed by atoms with Crippen LogP contribution in [0.25, 0.3) is 10.8 Å². The van der Waals surface area contributed by atoms with Gasteiger partial charge in [0, 0.05) is 5.69 Å². The Bertz CT molecular complexity index is 1020. The lowest BCUT2D eigenvalue weighted by atomic mass is 10.1. The number of anilines is 1. The average molecular weight is 404 g/mol. The highest BCUT2D eigenvalue weighted by molar-refractivity contribution is 6.42. The standard InChI is InChI=1S/C20H15Cl2NO4/c1-26-18-9-13-5-3-2-4-12(13)8-15(18)20(25)27-11-19(24)23-14-6-7-16(21)17(22)10-14/h2-10H,11H2,1H3,(H,23,24). The van der Waals surface area contributed by atoms with Crippen molar-refractivity contribution in [2.45, 2.75) is 0 Å². The van der Waals surface area contributed by atoms with E-state index in [1.54, 1.807) is 24.3 Å². The molecule has 3 rings (SSSR count). The largest absolute Gasteiger partial charge is 0.496 e. The SMILES string of the molecule is COc1cc2ccccc2cc1C(=O)OCC(=O)Nc1ccc(Cl)c(Cl)c1. The summed E-state index contributed by atoms with van der Waals surface area (Å²) in [4.78, 5) is 24.4. The van der Waals surface area contributed by atoms with Crippen LogP contribution in [-0.2, 0) is 9.53 Å². The van der Waals surface area contributed by atoms with Gasteiger partial charge in [-0.2, -0.15) is 0 Å². The minimum absolute atomic E-state index is 0.249. The minimum Gasteiger partial charge on any atom is -0.496 e. The molecule has 5 nitrogen and oxygen atoms in total. The molecule has 138 valence electrons. The number of amides is 1. The van der Waals surface area contributed by atoms with E-state index in [0.29, 0.717) is 21.5 Å². The second-order valence-electron chi connectivity index (χ2n) is 5.65. The third kappa shape index (κ3) is 4.51. The molecule has 0 aliphatic heterocycles. The molecule has 7 heteroatoms. The van der Waals surface area contributed by atoms with E-state index in [1.807, 2.05) is 24.3 Å². The maximum atomic E-state index is 12.4. The summed E-state index contributed by atoms with van der Waals surface area (Å²) in [6, 6.07) is 15.7. The van der Waals surface area contributed by atoms with Gasteiger partial charge >= 0.3 is 5.97 Å². The van der Waals surface area contributed by atoms with Crippen molar-refractivity contribution in [1.82, 2.24) is 0 Å². The molecule has 0 unspecified atom stereocenters. The molecule has 0 aliphatic carbocycles. The van der Waals surface area contributed by atoms with E-state index >= 15 is 0 Å². The summed E-state index contributed by atoms with van der Waals surface area (Å²) in [5.74, 6) is -0.771. The number of benzene rings is 3. The first kappa shape index (κ1) is 19.0. The van der Waals surface area contributed by atoms with Gasteiger partial charge in [0.2, 0.25) is 0 Å². The van der Waals surface area contributed by atoms with Crippen molar-refractivity contribution in [2.24, 2.45) is 0 Å². The first-order valence-corrected chi connectivity index (χ1v) is 8.72. The van der Waals surface area contributed by atoms with E-state index in [-0.39, 0.29) is 5.56 Å². The predicted molar refractivity (Wildman–Crippen MR) is 106 cm³/mol. The van der Waals surface area contributed by atoms with Crippen molar-refractivity contribution in [3.63, 3.8) is 0 Å². The smallest absolute Gasteiger partial charge is 0.342 e. The molecule has 1 N–H and O–H groups in total. The van der Waals surface area contributed by atoms with E-state index in [1.165, 1.54) is 13.2 Å². The van der Waals surface area contributed by atoms with Crippen LogP contribution >= 0.6 is 23.2 Å². The molecule has 0 spiro atoms. The van der Waals surface area contributed by atoms with E-state index in [9.17, 15) is 9.59 Å². The molecule has 27 heavy (non-hydrogen) atoms. The first-order valence-electron chi connectivity index (χ1n) is 7.97. The highest BCUT2D eigenvalue weighted by Gasteiger charge is 2.17. The van der Waals surface area contributed by atoms with Crippen LogP contribution in [0.1, 0.15) is 10.4 Å². The third-order valence-electron chi connectivity index (χ3n) is 3.83. The van der Waals surface area contributed by atoms with Gasteiger partial charge in [-0.3, -0.25) is 4.79 Å². The van der Waals surface area contributed by atoms with E-state index in [0.717, 1.165) is 10.8 Å². The third-order valence-corrected chi connectivity index (χ3v) is 4.56. The van der Waals surface area contributed by atoms with Gasteiger partial charge in [0.1, 0.15) is 11.3 Å². The number of rotatable bonds is 5. The molecule has 0 atom stereocenters. The monoisotopic (exact) mass is 403 g/mol. The van der Waals surface area contributed by atoms with Gasteiger partial charge in [-0.05, 0) is 41.1 Å². The van der Waals surface area contributed by atoms with Gasteiger partial charge in [0.05, 0.1) is 17.2 Å². The highest BCUT2D eigenvalue weighted by Crippen LogP contribution is 2.27. The van der Waals surface area contributed by atoms with Gasteiger partial charge < -0.3 is 14.8 Å². The van der Waals surface area contributed by atoms with E-state index in [4.69, 9.17) is 32.7 Å². The molecular weight excluding hydrogens is 389 g/mol. The Morgan fingerprint density at radius 2 is 1.67 bits per heavy atom. The highest BCUT2D eigenvalue weighted by atomic mass is 35.5. The quantitative estimate of drug-likeness (QED) is 0.612. The van der Waals surface area contributed by atoms with Gasteiger partial charge in [-0.25, -0.2) is 4.79 Å². The Morgan fingerprint density at radius 1 is 0.963 bits per heavy atom. The zero-order valence-corrected chi connectivity index (χ0v) is 15.8. The van der Waals surface area contributed by atoms with E-state index < -0.39 is 18.5 Å². The van der Waals surface area contributed by atoms with Crippen LogP contribution in [0.2, 0.25) is 10.0 Å². The van der Waals surface area contributed by atoms with Crippen molar-refractivity contribution < 1.29 is 19.1 Å². The number of carbonyl (C=O) groups is 2. The maximum absolute atomic E-state index is 12.4. The fraction of sp³-hybridized carbons (Fsp3) is 0.100. The summed E-state index contributed by atoms with van der Waals surface area (Å²) in [7, 11) is 1.47. The maximum Gasteiger partial charge on any atom is 0.342 e. The normalized spacial score (nSPS) is 10.5. The molecule has 1 amide bonds. The Labute approximate surface area is 165 Å². The van der Waals surface area contributed by atoms with Gasteiger partial charge in [-0.15, -0.1) is 0 Å². The summed E-state index contributed by atoms with van der Waals surface area (Å²) in [5, 5.41) is 5.08. The zero-order valence-electron chi connectivity index (χ0n) is 14.3. The Balaban J connectivity index is 1.69. The van der Waals surface area contributed by atoms with Crippen molar-refractivity contribution in [1.29, 1.82) is 0 Å². The topological polar surface area (TPSA) is 64.6 Å². The molecule has 0 heterocycles.